The summed E-state index contributed by atoms with van der Waals surface area (Å²) in [6, 6.07) is 4.79. The Labute approximate surface area is 109 Å². The zero-order chi connectivity index (χ0) is 14.0. The van der Waals surface area contributed by atoms with Crippen molar-refractivity contribution < 1.29 is 14.0 Å². The highest BCUT2D eigenvalue weighted by Gasteiger charge is 2.31. The van der Waals surface area contributed by atoms with Crippen LogP contribution in [0.2, 0.25) is 0 Å². The summed E-state index contributed by atoms with van der Waals surface area (Å²) in [6.45, 7) is 1.61. The first-order chi connectivity index (χ1) is 9.04. The second kappa shape index (κ2) is 5.09. The maximum absolute atomic E-state index is 13.8. The predicted molar refractivity (Wildman–Crippen MR) is 67.6 cm³/mol. The molecule has 1 unspecified atom stereocenters. The molecule has 6 heteroatoms. The van der Waals surface area contributed by atoms with Gasteiger partial charge in [0.15, 0.2) is 0 Å². The van der Waals surface area contributed by atoms with Crippen LogP contribution < -0.4 is 16.0 Å². The Balaban J connectivity index is 2.53. The van der Waals surface area contributed by atoms with Crippen LogP contribution in [0.3, 0.4) is 0 Å². The first-order valence-electron chi connectivity index (χ1n) is 5.79. The predicted octanol–water partition coefficient (Wildman–Crippen LogP) is 1.20. The fourth-order valence-electron chi connectivity index (χ4n) is 2.07. The fraction of sp³-hybridized carbons (Fsp3) is 0.231. The number of urea groups is 1. The van der Waals surface area contributed by atoms with E-state index in [2.05, 4.69) is 16.0 Å². The number of likely N-dealkylation sites (N-methyl/N-ethyl adjacent to an activating group) is 1. The van der Waals surface area contributed by atoms with Crippen molar-refractivity contribution in [3.63, 3.8) is 0 Å². The molecular formula is C13H14FN3O2. The number of allylic oxidation sites excluding steroid dienone is 1. The summed E-state index contributed by atoms with van der Waals surface area (Å²) in [5, 5.41) is 7.56. The minimum atomic E-state index is -0.796. The van der Waals surface area contributed by atoms with E-state index < -0.39 is 17.9 Å². The normalized spacial score (nSPS) is 18.7. The maximum Gasteiger partial charge on any atom is 0.319 e. The third-order valence-electron chi connectivity index (χ3n) is 2.96. The number of rotatable bonds is 2. The van der Waals surface area contributed by atoms with Crippen LogP contribution in [-0.4, -0.2) is 19.0 Å². The molecule has 1 aliphatic rings. The van der Waals surface area contributed by atoms with Gasteiger partial charge in [0.1, 0.15) is 5.82 Å². The molecule has 3 N–H and O–H groups in total. The SMILES string of the molecule is CNC(=O)C1=C(C)NC(=O)NC1c1ccccc1F. The molecule has 0 saturated carbocycles. The lowest BCUT2D eigenvalue weighted by atomic mass is 9.94. The third-order valence-corrected chi connectivity index (χ3v) is 2.96. The Morgan fingerprint density at radius 3 is 2.68 bits per heavy atom. The molecule has 3 amide bonds. The Hall–Kier alpha value is -2.37. The van der Waals surface area contributed by atoms with Gasteiger partial charge >= 0.3 is 6.03 Å². The van der Waals surface area contributed by atoms with Crippen molar-refractivity contribution in [1.82, 2.24) is 16.0 Å². The standard InChI is InChI=1S/C13H14FN3O2/c1-7-10(12(18)15-2)11(17-13(19)16-7)8-5-3-4-6-9(8)14/h3-6,11H,1-2H3,(H,15,18)(H2,16,17,19). The summed E-state index contributed by atoms with van der Waals surface area (Å²) in [6.07, 6.45) is 0. The quantitative estimate of drug-likeness (QED) is 0.750. The lowest BCUT2D eigenvalue weighted by Crippen LogP contribution is -2.46. The van der Waals surface area contributed by atoms with Crippen molar-refractivity contribution in [2.75, 3.05) is 7.05 Å². The van der Waals surface area contributed by atoms with E-state index in [1.807, 2.05) is 0 Å². The second-order valence-electron chi connectivity index (χ2n) is 4.17. The van der Waals surface area contributed by atoms with Gasteiger partial charge < -0.3 is 16.0 Å². The van der Waals surface area contributed by atoms with E-state index in [1.54, 1.807) is 25.1 Å². The van der Waals surface area contributed by atoms with E-state index >= 15 is 0 Å². The Kier molecular flexibility index (Phi) is 3.50. The van der Waals surface area contributed by atoms with Crippen LogP contribution in [0, 0.1) is 5.82 Å². The molecule has 100 valence electrons. The van der Waals surface area contributed by atoms with Crippen LogP contribution in [0.15, 0.2) is 35.5 Å². The highest BCUT2D eigenvalue weighted by molar-refractivity contribution is 5.98. The van der Waals surface area contributed by atoms with Gasteiger partial charge in [0.05, 0.1) is 11.6 Å². The van der Waals surface area contributed by atoms with E-state index in [4.69, 9.17) is 0 Å². The van der Waals surface area contributed by atoms with E-state index in [0.717, 1.165) is 0 Å². The molecule has 2 rings (SSSR count). The molecule has 1 aromatic rings. The zero-order valence-corrected chi connectivity index (χ0v) is 10.6. The summed E-state index contributed by atoms with van der Waals surface area (Å²) in [4.78, 5) is 23.4. The average Bonchev–Trinajstić information content (AvgIpc) is 2.37. The van der Waals surface area contributed by atoms with Crippen LogP contribution in [0.5, 0.6) is 0 Å². The number of carbonyl (C=O) groups excluding carboxylic acids is 2. The first kappa shape index (κ1) is 13.1. The Morgan fingerprint density at radius 1 is 1.37 bits per heavy atom. The molecule has 1 aliphatic heterocycles. The molecule has 0 saturated heterocycles. The van der Waals surface area contributed by atoms with Crippen LogP contribution in [0.25, 0.3) is 0 Å². The lowest BCUT2D eigenvalue weighted by Gasteiger charge is -2.28. The highest BCUT2D eigenvalue weighted by atomic mass is 19.1. The number of amides is 3. The van der Waals surface area contributed by atoms with Gasteiger partial charge in [-0.15, -0.1) is 0 Å². The first-order valence-corrected chi connectivity index (χ1v) is 5.79. The maximum atomic E-state index is 13.8. The van der Waals surface area contributed by atoms with Crippen molar-refractivity contribution in [2.45, 2.75) is 13.0 Å². The molecule has 0 radical (unpaired) electrons. The summed E-state index contributed by atoms with van der Waals surface area (Å²) in [5.74, 6) is -0.831. The molecule has 1 heterocycles. The number of hydrogen-bond donors (Lipinski definition) is 3. The minimum absolute atomic E-state index is 0.260. The molecule has 19 heavy (non-hydrogen) atoms. The number of hydrogen-bond acceptors (Lipinski definition) is 2. The summed E-state index contributed by atoms with van der Waals surface area (Å²) in [5.41, 5.74) is 0.971. The second-order valence-corrected chi connectivity index (χ2v) is 4.17. The number of benzene rings is 1. The molecule has 0 aromatic heterocycles. The highest BCUT2D eigenvalue weighted by Crippen LogP contribution is 2.28. The lowest BCUT2D eigenvalue weighted by molar-refractivity contribution is -0.117. The van der Waals surface area contributed by atoms with Crippen LogP contribution in [0.4, 0.5) is 9.18 Å². The summed E-state index contributed by atoms with van der Waals surface area (Å²) >= 11 is 0. The molecular weight excluding hydrogens is 249 g/mol. The van der Waals surface area contributed by atoms with Crippen molar-refractivity contribution in [3.05, 3.63) is 46.9 Å². The largest absolute Gasteiger partial charge is 0.355 e. The Bertz CT molecular complexity index is 569. The van der Waals surface area contributed by atoms with E-state index in [0.29, 0.717) is 11.3 Å². The molecule has 0 bridgehead atoms. The smallest absolute Gasteiger partial charge is 0.319 e. The number of halogens is 1. The van der Waals surface area contributed by atoms with Gasteiger partial charge in [-0.3, -0.25) is 4.79 Å². The topological polar surface area (TPSA) is 70.2 Å². The van der Waals surface area contributed by atoms with Gasteiger partial charge in [0, 0.05) is 18.3 Å². The average molecular weight is 263 g/mol. The van der Waals surface area contributed by atoms with E-state index in [1.165, 1.54) is 13.1 Å². The van der Waals surface area contributed by atoms with E-state index in [9.17, 15) is 14.0 Å². The van der Waals surface area contributed by atoms with Crippen molar-refractivity contribution in [3.8, 4) is 0 Å². The number of carbonyl (C=O) groups is 2. The van der Waals surface area contributed by atoms with Crippen LogP contribution in [0.1, 0.15) is 18.5 Å². The zero-order valence-electron chi connectivity index (χ0n) is 10.6. The van der Waals surface area contributed by atoms with Gasteiger partial charge in [0.2, 0.25) is 0 Å². The minimum Gasteiger partial charge on any atom is -0.355 e. The molecule has 5 nitrogen and oxygen atoms in total. The van der Waals surface area contributed by atoms with Gasteiger partial charge in [-0.25, -0.2) is 9.18 Å². The number of nitrogens with one attached hydrogen (secondary N) is 3. The van der Waals surface area contributed by atoms with Gasteiger partial charge in [-0.2, -0.15) is 0 Å². The summed E-state index contributed by atoms with van der Waals surface area (Å²) < 4.78 is 13.8. The molecule has 0 spiro atoms. The molecule has 0 aliphatic carbocycles. The van der Waals surface area contributed by atoms with Crippen LogP contribution in [-0.2, 0) is 4.79 Å². The molecule has 1 aromatic carbocycles. The monoisotopic (exact) mass is 263 g/mol. The van der Waals surface area contributed by atoms with Gasteiger partial charge in [0.25, 0.3) is 5.91 Å². The van der Waals surface area contributed by atoms with Crippen molar-refractivity contribution >= 4 is 11.9 Å². The van der Waals surface area contributed by atoms with Gasteiger partial charge in [-0.05, 0) is 13.0 Å². The fourth-order valence-corrected chi connectivity index (χ4v) is 2.07. The Morgan fingerprint density at radius 2 is 2.05 bits per heavy atom. The van der Waals surface area contributed by atoms with Crippen molar-refractivity contribution in [1.29, 1.82) is 0 Å². The van der Waals surface area contributed by atoms with E-state index in [-0.39, 0.29) is 11.5 Å². The molecule has 1 atom stereocenters. The van der Waals surface area contributed by atoms with Crippen LogP contribution >= 0.6 is 0 Å². The molecule has 0 fully saturated rings. The van der Waals surface area contributed by atoms with Crippen molar-refractivity contribution in [2.24, 2.45) is 0 Å². The third kappa shape index (κ3) is 2.42. The van der Waals surface area contributed by atoms with Gasteiger partial charge in [-0.1, -0.05) is 18.2 Å². The summed E-state index contributed by atoms with van der Waals surface area (Å²) in [7, 11) is 1.48.